The lowest BCUT2D eigenvalue weighted by molar-refractivity contribution is -0.137. The minimum atomic E-state index is -0.559. The number of nitrogens with zero attached hydrogens (tertiary/aromatic N) is 1. The van der Waals surface area contributed by atoms with E-state index < -0.39 is 6.29 Å². The molecule has 6 nitrogen and oxygen atoms in total. The predicted octanol–water partition coefficient (Wildman–Crippen LogP) is 6.19. The Hall–Kier alpha value is -1.93. The fourth-order valence-corrected chi connectivity index (χ4v) is 5.17. The summed E-state index contributed by atoms with van der Waals surface area (Å²) in [7, 11) is 6.70. The molecule has 0 spiro atoms. The van der Waals surface area contributed by atoms with E-state index in [4.69, 9.17) is 23.7 Å². The smallest absolute Gasteiger partial charge is 0.188 e. The van der Waals surface area contributed by atoms with Crippen LogP contribution < -0.4 is 14.4 Å². The van der Waals surface area contributed by atoms with E-state index in [1.807, 2.05) is 12.1 Å². The number of hydrogen-bond acceptors (Lipinski definition) is 7. The van der Waals surface area contributed by atoms with Gasteiger partial charge in [0.2, 0.25) is 0 Å². The maximum atomic E-state index is 6.02. The van der Waals surface area contributed by atoms with Crippen LogP contribution in [0.5, 0.6) is 11.5 Å². The van der Waals surface area contributed by atoms with Crippen LogP contribution in [0.25, 0.3) is 0 Å². The second kappa shape index (κ2) is 12.3. The van der Waals surface area contributed by atoms with Crippen LogP contribution >= 0.6 is 11.8 Å². The predicted molar refractivity (Wildman–Crippen MR) is 129 cm³/mol. The Bertz CT molecular complexity index is 876. The fourth-order valence-electron chi connectivity index (χ4n) is 3.90. The number of hydrogen-bond donors (Lipinski definition) is 0. The van der Waals surface area contributed by atoms with Crippen LogP contribution in [0.2, 0.25) is 0 Å². The van der Waals surface area contributed by atoms with Gasteiger partial charge < -0.3 is 28.6 Å². The molecule has 0 fully saturated rings. The molecule has 1 unspecified atom stereocenters. The van der Waals surface area contributed by atoms with Gasteiger partial charge in [-0.3, -0.25) is 0 Å². The van der Waals surface area contributed by atoms with Crippen LogP contribution in [0, 0.1) is 0 Å². The molecule has 0 radical (unpaired) electrons. The van der Waals surface area contributed by atoms with Gasteiger partial charge in [0.1, 0.15) is 11.5 Å². The Morgan fingerprint density at radius 3 is 2.41 bits per heavy atom. The van der Waals surface area contributed by atoms with E-state index in [9.17, 15) is 0 Å². The lowest BCUT2D eigenvalue weighted by Crippen LogP contribution is -2.23. The van der Waals surface area contributed by atoms with Gasteiger partial charge in [-0.05, 0) is 36.8 Å². The lowest BCUT2D eigenvalue weighted by atomic mass is 10.1. The fraction of sp³-hybridized carbons (Fsp3) is 0.520. The van der Waals surface area contributed by atoms with Crippen molar-refractivity contribution < 1.29 is 23.7 Å². The van der Waals surface area contributed by atoms with Crippen molar-refractivity contribution >= 4 is 23.1 Å². The Labute approximate surface area is 196 Å². The van der Waals surface area contributed by atoms with Gasteiger partial charge in [0.05, 0.1) is 44.4 Å². The molecule has 1 aliphatic heterocycles. The molecule has 1 atom stereocenters. The number of benzene rings is 2. The highest BCUT2D eigenvalue weighted by molar-refractivity contribution is 7.99. The van der Waals surface area contributed by atoms with E-state index in [0.29, 0.717) is 13.2 Å². The highest BCUT2D eigenvalue weighted by Gasteiger charge is 2.31. The molecule has 1 aliphatic rings. The minimum Gasteiger partial charge on any atom is -0.497 e. The summed E-state index contributed by atoms with van der Waals surface area (Å²) in [5, 5.41) is 0. The van der Waals surface area contributed by atoms with E-state index in [-0.39, 0.29) is 0 Å². The maximum Gasteiger partial charge on any atom is 0.188 e. The molecule has 2 aromatic rings. The van der Waals surface area contributed by atoms with Crippen molar-refractivity contribution in [2.45, 2.75) is 48.7 Å². The highest BCUT2D eigenvalue weighted by atomic mass is 32.2. The molecule has 0 saturated heterocycles. The van der Waals surface area contributed by atoms with E-state index in [1.54, 1.807) is 40.2 Å². The highest BCUT2D eigenvalue weighted by Crippen LogP contribution is 2.54. The van der Waals surface area contributed by atoms with Crippen molar-refractivity contribution in [1.29, 1.82) is 0 Å². The molecule has 2 aromatic carbocycles. The molecule has 0 aromatic heterocycles. The van der Waals surface area contributed by atoms with Gasteiger partial charge in [0.25, 0.3) is 0 Å². The van der Waals surface area contributed by atoms with Crippen molar-refractivity contribution in [2.24, 2.45) is 0 Å². The van der Waals surface area contributed by atoms with Crippen LogP contribution in [-0.4, -0.2) is 48.2 Å². The molecule has 1 heterocycles. The molecule has 32 heavy (non-hydrogen) atoms. The summed E-state index contributed by atoms with van der Waals surface area (Å²) in [5.41, 5.74) is 3.25. The number of methoxy groups -OCH3 is 4. The van der Waals surface area contributed by atoms with Crippen LogP contribution in [0.4, 0.5) is 11.4 Å². The first kappa shape index (κ1) is 24.7. The third-order valence-electron chi connectivity index (χ3n) is 5.56. The first-order valence-corrected chi connectivity index (χ1v) is 12.0. The zero-order valence-electron chi connectivity index (χ0n) is 19.8. The molecular formula is C25H35NO5S. The molecule has 176 valence electrons. The average Bonchev–Trinajstić information content (AvgIpc) is 2.83. The third-order valence-corrected chi connectivity index (χ3v) is 6.74. The number of unbranched alkanes of at least 4 members (excludes halogenated alkanes) is 3. The third kappa shape index (κ3) is 5.52. The molecular weight excluding hydrogens is 426 g/mol. The number of ether oxygens (including phenoxy) is 5. The summed E-state index contributed by atoms with van der Waals surface area (Å²) in [4.78, 5) is 4.64. The molecule has 0 N–H and O–H groups in total. The summed E-state index contributed by atoms with van der Waals surface area (Å²) in [6, 6.07) is 10.4. The van der Waals surface area contributed by atoms with Crippen LogP contribution in [0.1, 0.15) is 44.5 Å². The molecule has 0 bridgehead atoms. The van der Waals surface area contributed by atoms with Crippen molar-refractivity contribution in [3.8, 4) is 11.5 Å². The van der Waals surface area contributed by atoms with E-state index in [2.05, 4.69) is 30.0 Å². The van der Waals surface area contributed by atoms with E-state index >= 15 is 0 Å². The topological polar surface area (TPSA) is 49.4 Å². The lowest BCUT2D eigenvalue weighted by Gasteiger charge is -2.35. The van der Waals surface area contributed by atoms with Gasteiger partial charge in [0, 0.05) is 30.6 Å². The standard InChI is InChI=1S/C25H35NO5S/c1-6-7-8-9-14-26-19-11-10-18(28-3)17-22(19)32-24-20(26)12-13-21(29-4)23(24)25(30-5)31-16-15-27-2/h10-13,17,25H,6-9,14-16H2,1-5H3. The van der Waals surface area contributed by atoms with E-state index in [0.717, 1.165) is 45.5 Å². The SMILES string of the molecule is CCCCCCN1c2ccc(OC)cc2Sc2c1ccc(OC)c2C(OC)OCCOC. The summed E-state index contributed by atoms with van der Waals surface area (Å²) in [5.74, 6) is 1.59. The Morgan fingerprint density at radius 1 is 0.906 bits per heavy atom. The summed E-state index contributed by atoms with van der Waals surface area (Å²) < 4.78 is 28.2. The number of anilines is 2. The first-order chi connectivity index (χ1) is 15.7. The van der Waals surface area contributed by atoms with Crippen molar-refractivity contribution in [3.05, 3.63) is 35.9 Å². The molecule has 3 rings (SSSR count). The first-order valence-electron chi connectivity index (χ1n) is 11.2. The van der Waals surface area contributed by atoms with Crippen LogP contribution in [-0.2, 0) is 14.2 Å². The maximum absolute atomic E-state index is 6.02. The summed E-state index contributed by atoms with van der Waals surface area (Å²) in [6.07, 6.45) is 4.25. The van der Waals surface area contributed by atoms with Crippen LogP contribution in [0.15, 0.2) is 40.1 Å². The second-order valence-corrected chi connectivity index (χ2v) is 8.66. The Morgan fingerprint density at radius 2 is 1.72 bits per heavy atom. The Balaban J connectivity index is 2.05. The molecule has 0 aliphatic carbocycles. The van der Waals surface area contributed by atoms with Crippen LogP contribution in [0.3, 0.4) is 0 Å². The normalized spacial score (nSPS) is 13.5. The van der Waals surface area contributed by atoms with Gasteiger partial charge in [-0.15, -0.1) is 0 Å². The second-order valence-electron chi connectivity index (χ2n) is 7.61. The number of rotatable bonds is 13. The van der Waals surface area contributed by atoms with Crippen molar-refractivity contribution in [3.63, 3.8) is 0 Å². The van der Waals surface area contributed by atoms with E-state index in [1.165, 1.54) is 24.9 Å². The van der Waals surface area contributed by atoms with Gasteiger partial charge in [-0.2, -0.15) is 0 Å². The molecule has 0 amide bonds. The zero-order chi connectivity index (χ0) is 22.9. The average molecular weight is 462 g/mol. The minimum absolute atomic E-state index is 0.428. The summed E-state index contributed by atoms with van der Waals surface area (Å²) in [6.45, 7) is 4.11. The quantitative estimate of drug-likeness (QED) is 0.260. The van der Waals surface area contributed by atoms with Gasteiger partial charge in [0.15, 0.2) is 6.29 Å². The summed E-state index contributed by atoms with van der Waals surface area (Å²) >= 11 is 1.71. The van der Waals surface area contributed by atoms with Gasteiger partial charge in [-0.25, -0.2) is 0 Å². The monoisotopic (exact) mass is 461 g/mol. The van der Waals surface area contributed by atoms with Crippen molar-refractivity contribution in [2.75, 3.05) is 53.1 Å². The van der Waals surface area contributed by atoms with Crippen molar-refractivity contribution in [1.82, 2.24) is 0 Å². The number of fused-ring (bicyclic) bond motifs is 2. The largest absolute Gasteiger partial charge is 0.497 e. The molecule has 7 heteroatoms. The molecule has 0 saturated carbocycles. The van der Waals surface area contributed by atoms with Gasteiger partial charge in [-0.1, -0.05) is 37.9 Å². The Kier molecular flexibility index (Phi) is 9.53. The van der Waals surface area contributed by atoms with Gasteiger partial charge >= 0.3 is 0 Å². The zero-order valence-corrected chi connectivity index (χ0v) is 20.6.